The van der Waals surface area contributed by atoms with Gasteiger partial charge in [-0.2, -0.15) is 0 Å². The Balaban J connectivity index is 1.26. The lowest BCUT2D eigenvalue weighted by atomic mass is 10.3. The van der Waals surface area contributed by atoms with Crippen molar-refractivity contribution in [2.24, 2.45) is 0 Å². The van der Waals surface area contributed by atoms with Crippen molar-refractivity contribution in [2.45, 2.75) is 0 Å². The van der Waals surface area contributed by atoms with Crippen LogP contribution in [0.1, 0.15) is 0 Å². The van der Waals surface area contributed by atoms with E-state index < -0.39 is 0 Å². The van der Waals surface area contributed by atoms with E-state index in [1.807, 2.05) is 72.8 Å². The lowest BCUT2D eigenvalue weighted by Gasteiger charge is -1.94. The topological polar surface area (TPSA) is 78.8 Å². The summed E-state index contributed by atoms with van der Waals surface area (Å²) in [6, 6.07) is 22.0. The average molecular weight is 398 g/mol. The summed E-state index contributed by atoms with van der Waals surface area (Å²) in [6.45, 7) is 0. The fourth-order valence-electron chi connectivity index (χ4n) is 3.25. The zero-order valence-electron chi connectivity index (χ0n) is 15.5. The monoisotopic (exact) mass is 398 g/mol. The predicted molar refractivity (Wildman–Crippen MR) is 107 cm³/mol. The van der Waals surface area contributed by atoms with Crippen LogP contribution in [0.2, 0.25) is 0 Å². The van der Waals surface area contributed by atoms with E-state index in [-0.39, 0.29) is 0 Å². The number of hydrogen-bond donors (Lipinski definition) is 0. The minimum atomic E-state index is 0.588. The molecule has 0 aromatic carbocycles. The summed E-state index contributed by atoms with van der Waals surface area (Å²) in [5, 5.41) is 0. The van der Waals surface area contributed by atoms with Gasteiger partial charge in [-0.3, -0.25) is 0 Å². The zero-order chi connectivity index (χ0) is 19.9. The standard InChI is InChI=1S/C24H14O6/c1-3-15(25-13-1)17-5-7-19(27-17)21-9-11-23(29-21)24-12-10-22(30-24)20-8-6-18(28-20)16-4-2-14-26-16/h1-14H. The molecule has 0 saturated heterocycles. The fourth-order valence-corrected chi connectivity index (χ4v) is 3.25. The van der Waals surface area contributed by atoms with Gasteiger partial charge in [0, 0.05) is 0 Å². The summed E-state index contributed by atoms with van der Waals surface area (Å²) in [5.41, 5.74) is 0. The molecular weight excluding hydrogens is 384 g/mol. The van der Waals surface area contributed by atoms with Gasteiger partial charge in [-0.05, 0) is 72.8 Å². The van der Waals surface area contributed by atoms with E-state index >= 15 is 0 Å². The minimum Gasteiger partial charge on any atom is -0.461 e. The third-order valence-electron chi connectivity index (χ3n) is 4.68. The first-order chi connectivity index (χ1) is 14.8. The third kappa shape index (κ3) is 2.82. The van der Waals surface area contributed by atoms with E-state index in [0.29, 0.717) is 57.6 Å². The van der Waals surface area contributed by atoms with Crippen molar-refractivity contribution in [1.82, 2.24) is 0 Å². The van der Waals surface area contributed by atoms with Crippen LogP contribution in [0, 0.1) is 0 Å². The summed E-state index contributed by atoms with van der Waals surface area (Å²) >= 11 is 0. The molecule has 30 heavy (non-hydrogen) atoms. The Morgan fingerprint density at radius 1 is 0.300 bits per heavy atom. The van der Waals surface area contributed by atoms with Gasteiger partial charge in [0.05, 0.1) is 12.5 Å². The van der Waals surface area contributed by atoms with Crippen LogP contribution in [0.5, 0.6) is 0 Å². The Kier molecular flexibility index (Phi) is 3.67. The van der Waals surface area contributed by atoms with E-state index in [0.717, 1.165) is 0 Å². The van der Waals surface area contributed by atoms with Crippen LogP contribution in [0.4, 0.5) is 0 Å². The highest BCUT2D eigenvalue weighted by Gasteiger charge is 2.17. The Labute approximate surface area is 169 Å². The molecule has 6 aromatic rings. The average Bonchev–Trinajstić information content (AvgIpc) is 3.62. The summed E-state index contributed by atoms with van der Waals surface area (Å²) in [7, 11) is 0. The van der Waals surface area contributed by atoms with E-state index in [2.05, 4.69) is 0 Å². The summed E-state index contributed by atoms with van der Waals surface area (Å²) in [6.07, 6.45) is 3.21. The zero-order valence-corrected chi connectivity index (χ0v) is 15.5. The van der Waals surface area contributed by atoms with Gasteiger partial charge < -0.3 is 26.5 Å². The van der Waals surface area contributed by atoms with Crippen LogP contribution in [0.15, 0.2) is 112 Å². The third-order valence-corrected chi connectivity index (χ3v) is 4.68. The van der Waals surface area contributed by atoms with Crippen LogP contribution < -0.4 is 0 Å². The molecule has 0 amide bonds. The highest BCUT2D eigenvalue weighted by molar-refractivity contribution is 5.64. The molecule has 6 nitrogen and oxygen atoms in total. The molecule has 6 heteroatoms. The van der Waals surface area contributed by atoms with Gasteiger partial charge in [-0.1, -0.05) is 0 Å². The van der Waals surface area contributed by atoms with Crippen molar-refractivity contribution in [3.63, 3.8) is 0 Å². The van der Waals surface area contributed by atoms with E-state index in [1.54, 1.807) is 12.5 Å². The molecule has 6 aromatic heterocycles. The molecule has 0 bridgehead atoms. The van der Waals surface area contributed by atoms with Gasteiger partial charge in [0.1, 0.15) is 0 Å². The highest BCUT2D eigenvalue weighted by Crippen LogP contribution is 2.36. The Morgan fingerprint density at radius 2 is 0.567 bits per heavy atom. The second kappa shape index (κ2) is 6.63. The van der Waals surface area contributed by atoms with Crippen LogP contribution in [-0.2, 0) is 0 Å². The molecule has 0 aliphatic heterocycles. The second-order valence-corrected chi connectivity index (χ2v) is 6.61. The van der Waals surface area contributed by atoms with Gasteiger partial charge in [0.15, 0.2) is 57.6 Å². The molecule has 6 rings (SSSR count). The van der Waals surface area contributed by atoms with Gasteiger partial charge in [0.2, 0.25) is 0 Å². The second-order valence-electron chi connectivity index (χ2n) is 6.61. The molecule has 0 radical (unpaired) electrons. The van der Waals surface area contributed by atoms with Crippen LogP contribution in [-0.4, -0.2) is 0 Å². The first-order valence-electron chi connectivity index (χ1n) is 9.32. The molecule has 0 fully saturated rings. The SMILES string of the molecule is c1coc(-c2ccc(-c3ccc(-c4ccc(-c5ccc(-c6ccco6)o5)o4)o3)o2)c1. The molecule has 0 saturated carbocycles. The smallest absolute Gasteiger partial charge is 0.170 e. The number of rotatable bonds is 5. The van der Waals surface area contributed by atoms with Crippen molar-refractivity contribution >= 4 is 0 Å². The van der Waals surface area contributed by atoms with Crippen molar-refractivity contribution in [3.8, 4) is 57.6 Å². The van der Waals surface area contributed by atoms with E-state index in [4.69, 9.17) is 26.5 Å². The van der Waals surface area contributed by atoms with E-state index in [1.165, 1.54) is 0 Å². The lowest BCUT2D eigenvalue weighted by molar-refractivity contribution is 0.494. The van der Waals surface area contributed by atoms with Crippen molar-refractivity contribution in [2.75, 3.05) is 0 Å². The van der Waals surface area contributed by atoms with Crippen molar-refractivity contribution in [1.29, 1.82) is 0 Å². The largest absolute Gasteiger partial charge is 0.461 e. The predicted octanol–water partition coefficient (Wildman–Crippen LogP) is 7.58. The fraction of sp³-hybridized carbons (Fsp3) is 0. The summed E-state index contributed by atoms with van der Waals surface area (Å²) < 4.78 is 34.3. The molecule has 0 unspecified atom stereocenters. The van der Waals surface area contributed by atoms with Gasteiger partial charge >= 0.3 is 0 Å². The summed E-state index contributed by atoms with van der Waals surface area (Å²) in [4.78, 5) is 0. The number of furan rings is 6. The van der Waals surface area contributed by atoms with Gasteiger partial charge in [-0.15, -0.1) is 0 Å². The van der Waals surface area contributed by atoms with Crippen molar-refractivity contribution < 1.29 is 26.5 Å². The highest BCUT2D eigenvalue weighted by atomic mass is 16.4. The van der Waals surface area contributed by atoms with Gasteiger partial charge in [0.25, 0.3) is 0 Å². The Hall–Kier alpha value is -4.32. The normalized spacial score (nSPS) is 11.3. The van der Waals surface area contributed by atoms with Crippen LogP contribution in [0.25, 0.3) is 57.6 Å². The first-order valence-corrected chi connectivity index (χ1v) is 9.32. The molecule has 0 N–H and O–H groups in total. The quantitative estimate of drug-likeness (QED) is 0.298. The molecule has 6 heterocycles. The maximum Gasteiger partial charge on any atom is 0.170 e. The van der Waals surface area contributed by atoms with Crippen LogP contribution >= 0.6 is 0 Å². The molecule has 146 valence electrons. The van der Waals surface area contributed by atoms with Crippen LogP contribution in [0.3, 0.4) is 0 Å². The number of hydrogen-bond acceptors (Lipinski definition) is 6. The maximum atomic E-state index is 5.94. The van der Waals surface area contributed by atoms with E-state index in [9.17, 15) is 0 Å². The lowest BCUT2D eigenvalue weighted by Crippen LogP contribution is -1.68. The molecule has 0 aliphatic rings. The molecule has 0 atom stereocenters. The maximum absolute atomic E-state index is 5.94. The molecular formula is C24H14O6. The molecule has 0 aliphatic carbocycles. The Morgan fingerprint density at radius 3 is 0.800 bits per heavy atom. The van der Waals surface area contributed by atoms with Gasteiger partial charge in [-0.25, -0.2) is 0 Å². The minimum absolute atomic E-state index is 0.588. The molecule has 0 spiro atoms. The first kappa shape index (κ1) is 16.6. The van der Waals surface area contributed by atoms with Crippen molar-refractivity contribution in [3.05, 3.63) is 85.3 Å². The summed E-state index contributed by atoms with van der Waals surface area (Å²) in [5.74, 6) is 6.18. The Bertz CT molecular complexity index is 1280.